The van der Waals surface area contributed by atoms with Crippen molar-refractivity contribution < 1.29 is 9.47 Å². The summed E-state index contributed by atoms with van der Waals surface area (Å²) in [7, 11) is 0. The van der Waals surface area contributed by atoms with Gasteiger partial charge in [0.2, 0.25) is 0 Å². The number of hydrogen-bond acceptors (Lipinski definition) is 3. The SMILES string of the molecule is Cc1cc(C)c(OCCOc2cccc(N)c2)c(C)c1. The molecule has 0 aromatic heterocycles. The van der Waals surface area contributed by atoms with Crippen LogP contribution < -0.4 is 15.2 Å². The van der Waals surface area contributed by atoms with Gasteiger partial charge >= 0.3 is 0 Å². The summed E-state index contributed by atoms with van der Waals surface area (Å²) in [5.74, 6) is 1.72. The van der Waals surface area contributed by atoms with Crippen molar-refractivity contribution in [1.29, 1.82) is 0 Å². The van der Waals surface area contributed by atoms with E-state index < -0.39 is 0 Å². The zero-order valence-corrected chi connectivity index (χ0v) is 12.3. The van der Waals surface area contributed by atoms with Gasteiger partial charge in [-0.2, -0.15) is 0 Å². The van der Waals surface area contributed by atoms with E-state index in [1.165, 1.54) is 5.56 Å². The number of benzene rings is 2. The second-order valence-electron chi connectivity index (χ2n) is 5.00. The topological polar surface area (TPSA) is 44.5 Å². The van der Waals surface area contributed by atoms with Gasteiger partial charge < -0.3 is 15.2 Å². The molecule has 0 radical (unpaired) electrons. The van der Waals surface area contributed by atoms with Gasteiger partial charge in [-0.05, 0) is 44.0 Å². The summed E-state index contributed by atoms with van der Waals surface area (Å²) >= 11 is 0. The quantitative estimate of drug-likeness (QED) is 0.667. The van der Waals surface area contributed by atoms with Crippen molar-refractivity contribution in [3.8, 4) is 11.5 Å². The monoisotopic (exact) mass is 271 g/mol. The summed E-state index contributed by atoms with van der Waals surface area (Å²) in [6.07, 6.45) is 0. The molecule has 0 saturated heterocycles. The molecule has 0 amide bonds. The summed E-state index contributed by atoms with van der Waals surface area (Å²) in [5.41, 5.74) is 9.97. The fourth-order valence-electron chi connectivity index (χ4n) is 2.30. The van der Waals surface area contributed by atoms with Crippen LogP contribution in [0.4, 0.5) is 5.69 Å². The molecule has 2 rings (SSSR count). The Bertz CT molecular complexity index is 570. The highest BCUT2D eigenvalue weighted by Crippen LogP contribution is 2.24. The Labute approximate surface area is 120 Å². The molecule has 0 unspecified atom stereocenters. The minimum atomic E-state index is 0.496. The minimum absolute atomic E-state index is 0.496. The number of nitrogen functional groups attached to an aromatic ring is 1. The Kier molecular flexibility index (Phi) is 4.51. The van der Waals surface area contributed by atoms with Crippen molar-refractivity contribution in [3.05, 3.63) is 53.1 Å². The number of aryl methyl sites for hydroxylation is 3. The van der Waals surface area contributed by atoms with Crippen molar-refractivity contribution in [1.82, 2.24) is 0 Å². The highest BCUT2D eigenvalue weighted by Gasteiger charge is 2.05. The molecule has 2 aromatic rings. The smallest absolute Gasteiger partial charge is 0.125 e. The first-order chi connectivity index (χ1) is 9.56. The molecule has 20 heavy (non-hydrogen) atoms. The maximum absolute atomic E-state index is 5.82. The molecule has 3 heteroatoms. The second-order valence-corrected chi connectivity index (χ2v) is 5.00. The maximum atomic E-state index is 5.82. The van der Waals surface area contributed by atoms with E-state index in [2.05, 4.69) is 32.9 Å². The third-order valence-electron chi connectivity index (χ3n) is 3.06. The van der Waals surface area contributed by atoms with Crippen LogP contribution in [0.5, 0.6) is 11.5 Å². The van der Waals surface area contributed by atoms with Crippen molar-refractivity contribution in [2.45, 2.75) is 20.8 Å². The van der Waals surface area contributed by atoms with Crippen LogP contribution in [0.3, 0.4) is 0 Å². The van der Waals surface area contributed by atoms with Gasteiger partial charge in [-0.3, -0.25) is 0 Å². The van der Waals surface area contributed by atoms with E-state index in [1.807, 2.05) is 24.3 Å². The predicted octanol–water partition coefficient (Wildman–Crippen LogP) is 3.65. The van der Waals surface area contributed by atoms with E-state index in [1.54, 1.807) is 0 Å². The fourth-order valence-corrected chi connectivity index (χ4v) is 2.30. The lowest BCUT2D eigenvalue weighted by atomic mass is 10.1. The molecule has 0 fully saturated rings. The van der Waals surface area contributed by atoms with Gasteiger partial charge in [0, 0.05) is 11.8 Å². The summed E-state index contributed by atoms with van der Waals surface area (Å²) in [6, 6.07) is 11.7. The van der Waals surface area contributed by atoms with Gasteiger partial charge in [0.1, 0.15) is 24.7 Å². The normalized spacial score (nSPS) is 10.3. The molecule has 2 N–H and O–H groups in total. The van der Waals surface area contributed by atoms with Gasteiger partial charge in [0.25, 0.3) is 0 Å². The highest BCUT2D eigenvalue weighted by atomic mass is 16.5. The number of hydrogen-bond donors (Lipinski definition) is 1. The Morgan fingerprint density at radius 1 is 0.900 bits per heavy atom. The van der Waals surface area contributed by atoms with Crippen LogP contribution in [0.1, 0.15) is 16.7 Å². The van der Waals surface area contributed by atoms with E-state index in [0.29, 0.717) is 18.9 Å². The van der Waals surface area contributed by atoms with Crippen LogP contribution >= 0.6 is 0 Å². The number of nitrogens with two attached hydrogens (primary N) is 1. The molecular formula is C17H21NO2. The fraction of sp³-hybridized carbons (Fsp3) is 0.294. The molecule has 0 aliphatic carbocycles. The molecule has 0 bridgehead atoms. The van der Waals surface area contributed by atoms with Gasteiger partial charge in [0.05, 0.1) is 0 Å². The third kappa shape index (κ3) is 3.67. The van der Waals surface area contributed by atoms with Crippen LogP contribution in [-0.2, 0) is 0 Å². The van der Waals surface area contributed by atoms with Crippen LogP contribution in [0.2, 0.25) is 0 Å². The Morgan fingerprint density at radius 3 is 2.20 bits per heavy atom. The molecule has 0 saturated carbocycles. The molecule has 0 aliphatic rings. The van der Waals surface area contributed by atoms with E-state index >= 15 is 0 Å². The van der Waals surface area contributed by atoms with E-state index in [0.717, 1.165) is 22.6 Å². The number of anilines is 1. The maximum Gasteiger partial charge on any atom is 0.125 e. The van der Waals surface area contributed by atoms with Crippen LogP contribution in [0.15, 0.2) is 36.4 Å². The molecule has 2 aromatic carbocycles. The summed E-state index contributed by atoms with van der Waals surface area (Å²) in [5, 5.41) is 0. The lowest BCUT2D eigenvalue weighted by molar-refractivity contribution is 0.215. The highest BCUT2D eigenvalue weighted by molar-refractivity contribution is 5.44. The van der Waals surface area contributed by atoms with Gasteiger partial charge in [-0.25, -0.2) is 0 Å². The lowest BCUT2D eigenvalue weighted by Gasteiger charge is -2.13. The Balaban J connectivity index is 1.88. The van der Waals surface area contributed by atoms with Gasteiger partial charge in [-0.1, -0.05) is 23.8 Å². The van der Waals surface area contributed by atoms with E-state index in [9.17, 15) is 0 Å². The number of ether oxygens (including phenoxy) is 2. The summed E-state index contributed by atoms with van der Waals surface area (Å²) < 4.78 is 11.4. The predicted molar refractivity (Wildman–Crippen MR) is 82.5 cm³/mol. The Hall–Kier alpha value is -2.16. The first kappa shape index (κ1) is 14.3. The molecular weight excluding hydrogens is 250 g/mol. The molecule has 106 valence electrons. The van der Waals surface area contributed by atoms with Crippen LogP contribution in [0.25, 0.3) is 0 Å². The summed E-state index contributed by atoms with van der Waals surface area (Å²) in [4.78, 5) is 0. The average Bonchev–Trinajstić information content (AvgIpc) is 2.36. The molecule has 0 atom stereocenters. The van der Waals surface area contributed by atoms with Crippen molar-refractivity contribution in [3.63, 3.8) is 0 Å². The first-order valence-electron chi connectivity index (χ1n) is 6.75. The van der Waals surface area contributed by atoms with Crippen molar-refractivity contribution in [2.24, 2.45) is 0 Å². The van der Waals surface area contributed by atoms with Crippen molar-refractivity contribution in [2.75, 3.05) is 18.9 Å². The van der Waals surface area contributed by atoms with Crippen LogP contribution in [0, 0.1) is 20.8 Å². The minimum Gasteiger partial charge on any atom is -0.490 e. The largest absolute Gasteiger partial charge is 0.490 e. The Morgan fingerprint density at radius 2 is 1.55 bits per heavy atom. The lowest BCUT2D eigenvalue weighted by Crippen LogP contribution is -2.10. The molecule has 0 heterocycles. The first-order valence-corrected chi connectivity index (χ1v) is 6.75. The number of rotatable bonds is 5. The molecule has 0 spiro atoms. The second kappa shape index (κ2) is 6.33. The third-order valence-corrected chi connectivity index (χ3v) is 3.06. The zero-order chi connectivity index (χ0) is 14.5. The molecule has 0 aliphatic heterocycles. The van der Waals surface area contributed by atoms with E-state index in [4.69, 9.17) is 15.2 Å². The molecule has 3 nitrogen and oxygen atoms in total. The zero-order valence-electron chi connectivity index (χ0n) is 12.3. The standard InChI is InChI=1S/C17H21NO2/c1-12-9-13(2)17(14(3)10-12)20-8-7-19-16-6-4-5-15(18)11-16/h4-6,9-11H,7-8,18H2,1-3H3. The summed E-state index contributed by atoms with van der Waals surface area (Å²) in [6.45, 7) is 7.23. The van der Waals surface area contributed by atoms with Gasteiger partial charge in [0.15, 0.2) is 0 Å². The van der Waals surface area contributed by atoms with Gasteiger partial charge in [-0.15, -0.1) is 0 Å². The van der Waals surface area contributed by atoms with Crippen LogP contribution in [-0.4, -0.2) is 13.2 Å². The average molecular weight is 271 g/mol. The van der Waals surface area contributed by atoms with Crippen molar-refractivity contribution >= 4 is 5.69 Å². The van der Waals surface area contributed by atoms with E-state index in [-0.39, 0.29) is 0 Å².